The maximum atomic E-state index is 13.6. The summed E-state index contributed by atoms with van der Waals surface area (Å²) < 4.78 is 41.4. The van der Waals surface area contributed by atoms with Crippen LogP contribution in [0.3, 0.4) is 0 Å². The second-order valence-electron chi connectivity index (χ2n) is 3.87. The van der Waals surface area contributed by atoms with E-state index in [1.54, 1.807) is 6.92 Å². The van der Waals surface area contributed by atoms with E-state index in [4.69, 9.17) is 5.26 Å². The zero-order chi connectivity index (χ0) is 14.8. The highest BCUT2D eigenvalue weighted by Gasteiger charge is 2.22. The first kappa shape index (κ1) is 14.0. The fourth-order valence-electron chi connectivity index (χ4n) is 1.66. The van der Waals surface area contributed by atoms with Crippen LogP contribution in [0, 0.1) is 17.1 Å². The Morgan fingerprint density at radius 2 is 2.15 bits per heavy atom. The molecule has 1 heterocycles. The van der Waals surface area contributed by atoms with E-state index in [0.717, 1.165) is 12.1 Å². The molecule has 0 unspecified atom stereocenters. The quantitative estimate of drug-likeness (QED) is 0.930. The number of nitriles is 1. The number of anilines is 1. The van der Waals surface area contributed by atoms with Crippen LogP contribution >= 0.6 is 0 Å². The lowest BCUT2D eigenvalue weighted by Crippen LogP contribution is -2.18. The first-order valence-corrected chi connectivity index (χ1v) is 7.21. The summed E-state index contributed by atoms with van der Waals surface area (Å²) in [6.07, 6.45) is 1.25. The van der Waals surface area contributed by atoms with Crippen LogP contribution in [0.4, 0.5) is 10.2 Å². The highest BCUT2D eigenvalue weighted by Crippen LogP contribution is 2.21. The van der Waals surface area contributed by atoms with Crippen molar-refractivity contribution in [2.45, 2.75) is 18.4 Å². The number of aromatic nitrogens is 2. The summed E-state index contributed by atoms with van der Waals surface area (Å²) in [5, 5.41) is 12.8. The van der Waals surface area contributed by atoms with Crippen molar-refractivity contribution in [2.75, 3.05) is 4.72 Å². The molecule has 1 aromatic heterocycles. The third-order valence-electron chi connectivity index (χ3n) is 2.62. The fourth-order valence-corrected chi connectivity index (χ4v) is 2.82. The molecule has 0 bridgehead atoms. The third-order valence-corrected chi connectivity index (χ3v) is 3.99. The molecule has 0 radical (unpaired) electrons. The minimum Gasteiger partial charge on any atom is -0.262 e. The van der Waals surface area contributed by atoms with Crippen LogP contribution in [0.2, 0.25) is 0 Å². The van der Waals surface area contributed by atoms with E-state index < -0.39 is 20.7 Å². The third kappa shape index (κ3) is 2.48. The number of rotatable bonds is 4. The molecule has 6 nitrogen and oxygen atoms in total. The molecule has 0 atom stereocenters. The van der Waals surface area contributed by atoms with Crippen LogP contribution in [-0.2, 0) is 16.6 Å². The van der Waals surface area contributed by atoms with Gasteiger partial charge in [-0.25, -0.2) is 17.5 Å². The number of sulfonamides is 1. The average molecular weight is 294 g/mol. The van der Waals surface area contributed by atoms with Crippen molar-refractivity contribution in [1.82, 2.24) is 9.78 Å². The molecule has 0 saturated carbocycles. The summed E-state index contributed by atoms with van der Waals surface area (Å²) in [6, 6.07) is 6.85. The zero-order valence-corrected chi connectivity index (χ0v) is 11.4. The van der Waals surface area contributed by atoms with Crippen molar-refractivity contribution < 1.29 is 12.8 Å². The Bertz CT molecular complexity index is 777. The fraction of sp³-hybridized carbons (Fsp3) is 0.167. The van der Waals surface area contributed by atoms with E-state index in [9.17, 15) is 12.8 Å². The molecule has 2 rings (SSSR count). The van der Waals surface area contributed by atoms with Crippen LogP contribution in [-0.4, -0.2) is 18.2 Å². The van der Waals surface area contributed by atoms with Gasteiger partial charge >= 0.3 is 0 Å². The van der Waals surface area contributed by atoms with Crippen molar-refractivity contribution in [3.63, 3.8) is 0 Å². The maximum absolute atomic E-state index is 13.6. The lowest BCUT2D eigenvalue weighted by Gasteiger charge is -2.10. The molecule has 1 aromatic carbocycles. The minimum atomic E-state index is -4.12. The second kappa shape index (κ2) is 5.30. The van der Waals surface area contributed by atoms with Crippen LogP contribution in [0.25, 0.3) is 0 Å². The molecule has 1 N–H and O–H groups in total. The van der Waals surface area contributed by atoms with Crippen molar-refractivity contribution in [3.05, 3.63) is 41.8 Å². The normalized spacial score (nSPS) is 11.1. The molecule has 0 spiro atoms. The van der Waals surface area contributed by atoms with E-state index in [2.05, 4.69) is 9.82 Å². The van der Waals surface area contributed by atoms with E-state index in [-0.39, 0.29) is 11.4 Å². The molecular formula is C12H11FN4O2S. The minimum absolute atomic E-state index is 0.0262. The Morgan fingerprint density at radius 3 is 2.75 bits per heavy atom. The van der Waals surface area contributed by atoms with Crippen molar-refractivity contribution in [1.29, 1.82) is 5.26 Å². The van der Waals surface area contributed by atoms with Crippen LogP contribution < -0.4 is 4.72 Å². The number of nitrogens with one attached hydrogen (secondary N) is 1. The second-order valence-corrected chi connectivity index (χ2v) is 5.52. The van der Waals surface area contributed by atoms with Crippen molar-refractivity contribution in [3.8, 4) is 6.07 Å². The molecule has 104 valence electrons. The van der Waals surface area contributed by atoms with E-state index in [1.165, 1.54) is 23.0 Å². The van der Waals surface area contributed by atoms with Crippen LogP contribution in [0.1, 0.15) is 12.5 Å². The predicted molar refractivity (Wildman–Crippen MR) is 69.8 cm³/mol. The molecule has 0 aliphatic carbocycles. The molecular weight excluding hydrogens is 283 g/mol. The number of aryl methyl sites for hydroxylation is 1. The van der Waals surface area contributed by atoms with Crippen molar-refractivity contribution >= 4 is 15.8 Å². The van der Waals surface area contributed by atoms with E-state index in [1.807, 2.05) is 6.07 Å². The number of halogens is 1. The monoisotopic (exact) mass is 294 g/mol. The smallest absolute Gasteiger partial charge is 0.262 e. The maximum Gasteiger partial charge on any atom is 0.265 e. The molecule has 0 saturated heterocycles. The number of hydrogen-bond acceptors (Lipinski definition) is 4. The summed E-state index contributed by atoms with van der Waals surface area (Å²) in [4.78, 5) is -0.479. The Hall–Kier alpha value is -2.40. The summed E-state index contributed by atoms with van der Waals surface area (Å²) in [5.74, 6) is -0.834. The Balaban J connectivity index is 2.47. The number of nitrogens with zero attached hydrogens (tertiary/aromatic N) is 3. The van der Waals surface area contributed by atoms with Crippen LogP contribution in [0.15, 0.2) is 35.4 Å². The lowest BCUT2D eigenvalue weighted by atomic mass is 10.3. The van der Waals surface area contributed by atoms with Crippen LogP contribution in [0.5, 0.6) is 0 Å². The Labute approximate surface area is 115 Å². The van der Waals surface area contributed by atoms with Crippen molar-refractivity contribution in [2.24, 2.45) is 0 Å². The molecule has 0 aliphatic heterocycles. The topological polar surface area (TPSA) is 87.8 Å². The number of benzene rings is 1. The van der Waals surface area contributed by atoms with Gasteiger partial charge in [0.25, 0.3) is 10.0 Å². The average Bonchev–Trinajstić information content (AvgIpc) is 2.80. The van der Waals surface area contributed by atoms with E-state index in [0.29, 0.717) is 6.54 Å². The van der Waals surface area contributed by atoms with Gasteiger partial charge in [-0.1, -0.05) is 12.1 Å². The summed E-state index contributed by atoms with van der Waals surface area (Å²) in [7, 11) is -4.12. The van der Waals surface area contributed by atoms with Gasteiger partial charge in [-0.15, -0.1) is 0 Å². The Morgan fingerprint density at radius 1 is 1.45 bits per heavy atom. The van der Waals surface area contributed by atoms with E-state index >= 15 is 0 Å². The van der Waals surface area contributed by atoms with Gasteiger partial charge in [0, 0.05) is 6.54 Å². The summed E-state index contributed by atoms with van der Waals surface area (Å²) in [5.41, 5.74) is 0.0757. The number of hydrogen-bond donors (Lipinski definition) is 1. The largest absolute Gasteiger partial charge is 0.265 e. The zero-order valence-electron chi connectivity index (χ0n) is 10.5. The SMILES string of the molecule is CCn1ncc(C#N)c1NS(=O)(=O)c1ccccc1F. The summed E-state index contributed by atoms with van der Waals surface area (Å²) >= 11 is 0. The molecule has 0 aliphatic rings. The molecule has 8 heteroatoms. The first-order chi connectivity index (χ1) is 9.49. The van der Waals surface area contributed by atoms with Gasteiger partial charge in [0.2, 0.25) is 0 Å². The van der Waals surface area contributed by atoms with Gasteiger partial charge in [-0.3, -0.25) is 4.72 Å². The molecule has 0 amide bonds. The molecule has 2 aromatic rings. The van der Waals surface area contributed by atoms with Gasteiger partial charge in [-0.2, -0.15) is 10.4 Å². The molecule has 20 heavy (non-hydrogen) atoms. The van der Waals surface area contributed by atoms with Gasteiger partial charge < -0.3 is 0 Å². The van der Waals surface area contributed by atoms with Gasteiger partial charge in [-0.05, 0) is 19.1 Å². The summed E-state index contributed by atoms with van der Waals surface area (Å²) in [6.45, 7) is 2.12. The van der Waals surface area contributed by atoms with Gasteiger partial charge in [0.05, 0.1) is 6.20 Å². The standard InChI is InChI=1S/C12H11FN4O2S/c1-2-17-12(9(7-14)8-15-17)16-20(18,19)11-6-4-3-5-10(11)13/h3-6,8,16H,2H2,1H3. The van der Waals surface area contributed by atoms with Gasteiger partial charge in [0.1, 0.15) is 22.3 Å². The Kier molecular flexibility index (Phi) is 3.72. The first-order valence-electron chi connectivity index (χ1n) is 5.73. The molecule has 0 fully saturated rings. The van der Waals surface area contributed by atoms with Gasteiger partial charge in [0.15, 0.2) is 5.82 Å². The lowest BCUT2D eigenvalue weighted by molar-refractivity contribution is 0.569. The highest BCUT2D eigenvalue weighted by atomic mass is 32.2. The predicted octanol–water partition coefficient (Wildman–Crippen LogP) is 1.71. The highest BCUT2D eigenvalue weighted by molar-refractivity contribution is 7.92.